The molecule has 15 heteroatoms. The average molecular weight is 883 g/mol. The van der Waals surface area contributed by atoms with Crippen molar-refractivity contribution in [2.24, 2.45) is 11.8 Å². The summed E-state index contributed by atoms with van der Waals surface area (Å²) in [4.78, 5) is 73.7. The molecule has 2 aromatic carbocycles. The second kappa shape index (κ2) is 18.2. The largest absolute Gasteiger partial charge is 0.456 e. The van der Waals surface area contributed by atoms with Crippen molar-refractivity contribution in [3.05, 3.63) is 72.6 Å². The van der Waals surface area contributed by atoms with E-state index in [9.17, 15) is 19.2 Å². The van der Waals surface area contributed by atoms with Gasteiger partial charge in [-0.2, -0.15) is 0 Å². The third-order valence-electron chi connectivity index (χ3n) is 14.7. The van der Waals surface area contributed by atoms with E-state index < -0.39 is 24.3 Å². The lowest BCUT2D eigenvalue weighted by Crippen LogP contribution is -2.52. The standard InChI is InChI=1S/C50H58N8O7/c1-63-49(61)55-43(31-11-5-3-6-12-31)47(59)57-25-9-15-37(57)45-51-27-35(53-45)30-19-17-29(18-20-30)33-21-22-34(42-40-24-23-39(65-40)41(33)42)36-28-52-46(54-36)38-16-10-26-58(38)48(60)44(56-50(62)64-2)32-13-7-4-8-14-32/h17-24,27-28,31-32,37-38,43-44H,3-16,25-26H2,1-2H3,(H,51,53)(H,52,54)(H,55,61)(H,56,62). The van der Waals surface area contributed by atoms with Crippen molar-refractivity contribution < 1.29 is 33.1 Å². The molecule has 10 rings (SSSR count). The minimum absolute atomic E-state index is 0.0660. The van der Waals surface area contributed by atoms with Crippen molar-refractivity contribution in [1.82, 2.24) is 40.4 Å². The monoisotopic (exact) mass is 882 g/mol. The number of hydrogen-bond acceptors (Lipinski definition) is 9. The lowest BCUT2D eigenvalue weighted by Gasteiger charge is -2.34. The number of amides is 4. The van der Waals surface area contributed by atoms with Crippen LogP contribution in [-0.2, 0) is 19.1 Å². The number of carbonyl (C=O) groups is 4. The first-order chi connectivity index (χ1) is 31.8. The van der Waals surface area contributed by atoms with Crippen LogP contribution >= 0.6 is 0 Å². The van der Waals surface area contributed by atoms with Gasteiger partial charge in [-0.15, -0.1) is 0 Å². The zero-order chi connectivity index (χ0) is 44.6. The minimum atomic E-state index is -0.629. The van der Waals surface area contributed by atoms with Gasteiger partial charge in [0.2, 0.25) is 11.8 Å². The summed E-state index contributed by atoms with van der Waals surface area (Å²) >= 11 is 0. The Morgan fingerprint density at radius 3 is 1.57 bits per heavy atom. The van der Waals surface area contributed by atoms with Gasteiger partial charge in [0.25, 0.3) is 0 Å². The number of hydrogen-bond donors (Lipinski definition) is 4. The van der Waals surface area contributed by atoms with E-state index in [0.29, 0.717) is 13.1 Å². The number of nitrogens with one attached hydrogen (secondary N) is 4. The number of fused-ring (bicyclic) bond motifs is 5. The van der Waals surface area contributed by atoms with Crippen molar-refractivity contribution >= 4 is 45.9 Å². The lowest BCUT2D eigenvalue weighted by atomic mass is 9.83. The van der Waals surface area contributed by atoms with Gasteiger partial charge in [-0.3, -0.25) is 9.59 Å². The Balaban J connectivity index is 0.873. The fourth-order valence-corrected chi connectivity index (χ4v) is 11.4. The molecule has 2 aliphatic carbocycles. The SMILES string of the molecule is COC(=O)NC(C(=O)N1CCCC1c1ncc(-c2ccc(-c3ccc(-c4cnc(C5CCCN5C(=O)C(NC(=O)OC)C5CCCCC5)[nH]4)c4c5ccc(o5)c34)cc2)[nH]1)C1CCCCC1. The van der Waals surface area contributed by atoms with Crippen molar-refractivity contribution in [2.75, 3.05) is 27.3 Å². The maximum Gasteiger partial charge on any atom is 0.407 e. The normalized spacial score (nSPS) is 20.6. The molecule has 2 aliphatic heterocycles. The summed E-state index contributed by atoms with van der Waals surface area (Å²) in [6, 6.07) is 15.0. The number of alkyl carbamates (subject to hydrolysis) is 2. The van der Waals surface area contributed by atoms with E-state index in [4.69, 9.17) is 23.9 Å². The van der Waals surface area contributed by atoms with Crippen LogP contribution in [-0.4, -0.2) is 93.1 Å². The molecule has 4 aromatic heterocycles. The van der Waals surface area contributed by atoms with E-state index in [2.05, 4.69) is 57.0 Å². The number of aromatic nitrogens is 4. The Morgan fingerprint density at radius 2 is 1.05 bits per heavy atom. The average Bonchev–Trinajstić information content (AvgIpc) is 4.22. The maximum absolute atomic E-state index is 14.2. The number of carbonyl (C=O) groups excluding carboxylic acids is 4. The molecule has 4 atom stereocenters. The number of methoxy groups -OCH3 is 2. The quantitative estimate of drug-likeness (QED) is 0.0983. The molecule has 4 fully saturated rings. The highest BCUT2D eigenvalue weighted by Gasteiger charge is 2.41. The summed E-state index contributed by atoms with van der Waals surface area (Å²) in [5.41, 5.74) is 7.31. The number of aromatic amines is 2. The molecule has 0 spiro atoms. The number of H-pyrrole nitrogens is 2. The number of imidazole rings is 2. The smallest absolute Gasteiger partial charge is 0.407 e. The van der Waals surface area contributed by atoms with E-state index in [1.807, 2.05) is 34.3 Å². The van der Waals surface area contributed by atoms with Gasteiger partial charge >= 0.3 is 12.2 Å². The molecule has 6 heterocycles. The summed E-state index contributed by atoms with van der Waals surface area (Å²) in [6.45, 7) is 1.21. The lowest BCUT2D eigenvalue weighted by molar-refractivity contribution is -0.136. The molecule has 4 N–H and O–H groups in total. The summed E-state index contributed by atoms with van der Waals surface area (Å²) in [7, 11) is 2.67. The summed E-state index contributed by atoms with van der Waals surface area (Å²) in [5.74, 6) is 1.49. The second-order valence-electron chi connectivity index (χ2n) is 18.4. The van der Waals surface area contributed by atoms with Gasteiger partial charge < -0.3 is 44.3 Å². The van der Waals surface area contributed by atoms with Crippen LogP contribution in [0, 0.1) is 11.8 Å². The molecule has 2 saturated carbocycles. The first kappa shape index (κ1) is 42.6. The Morgan fingerprint density at radius 1 is 0.585 bits per heavy atom. The van der Waals surface area contributed by atoms with E-state index in [1.165, 1.54) is 14.2 Å². The first-order valence-electron chi connectivity index (χ1n) is 23.6. The first-order valence-corrected chi connectivity index (χ1v) is 23.6. The second-order valence-corrected chi connectivity index (χ2v) is 18.4. The fourth-order valence-electron chi connectivity index (χ4n) is 11.4. The molecule has 340 valence electrons. The number of benzene rings is 3. The topological polar surface area (TPSA) is 188 Å². The number of nitrogens with zero attached hydrogens (tertiary/aromatic N) is 4. The van der Waals surface area contributed by atoms with Crippen LogP contribution in [0.5, 0.6) is 0 Å². The van der Waals surface area contributed by atoms with Gasteiger partial charge in [-0.05, 0) is 92.0 Å². The maximum atomic E-state index is 14.2. The molecule has 2 saturated heterocycles. The van der Waals surface area contributed by atoms with Crippen LogP contribution in [0.3, 0.4) is 0 Å². The van der Waals surface area contributed by atoms with Crippen molar-refractivity contribution in [3.8, 4) is 33.6 Å². The zero-order valence-electron chi connectivity index (χ0n) is 37.2. The highest BCUT2D eigenvalue weighted by atomic mass is 16.5. The summed E-state index contributed by atoms with van der Waals surface area (Å²) < 4.78 is 16.2. The number of rotatable bonds is 11. The van der Waals surface area contributed by atoms with Crippen LogP contribution in [0.15, 0.2) is 65.3 Å². The zero-order valence-corrected chi connectivity index (χ0v) is 37.2. The Kier molecular flexibility index (Phi) is 11.9. The van der Waals surface area contributed by atoms with Crippen molar-refractivity contribution in [3.63, 3.8) is 0 Å². The molecule has 6 aromatic rings. The van der Waals surface area contributed by atoms with E-state index in [-0.39, 0.29) is 35.7 Å². The van der Waals surface area contributed by atoms with Gasteiger partial charge in [0, 0.05) is 29.4 Å². The van der Waals surface area contributed by atoms with Gasteiger partial charge in [0.15, 0.2) is 0 Å². The van der Waals surface area contributed by atoms with Gasteiger partial charge in [0.05, 0.1) is 50.1 Å². The van der Waals surface area contributed by atoms with Gasteiger partial charge in [-0.25, -0.2) is 19.6 Å². The van der Waals surface area contributed by atoms with E-state index >= 15 is 0 Å². The molecule has 4 unspecified atom stereocenters. The van der Waals surface area contributed by atoms with Crippen molar-refractivity contribution in [1.29, 1.82) is 0 Å². The Bertz CT molecular complexity index is 2660. The molecule has 0 radical (unpaired) electrons. The third kappa shape index (κ3) is 8.18. The minimum Gasteiger partial charge on any atom is -0.456 e. The third-order valence-corrected chi connectivity index (χ3v) is 14.7. The van der Waals surface area contributed by atoms with Crippen molar-refractivity contribution in [2.45, 2.75) is 114 Å². The summed E-state index contributed by atoms with van der Waals surface area (Å²) in [5, 5.41) is 7.79. The molecule has 4 aliphatic rings. The van der Waals surface area contributed by atoms with Gasteiger partial charge in [0.1, 0.15) is 34.9 Å². The highest BCUT2D eigenvalue weighted by Crippen LogP contribution is 2.45. The van der Waals surface area contributed by atoms with Gasteiger partial charge in [-0.1, -0.05) is 74.9 Å². The molecule has 15 nitrogen and oxygen atoms in total. The molecule has 2 bridgehead atoms. The molecular weight excluding hydrogens is 825 g/mol. The Labute approximate surface area is 377 Å². The number of ether oxygens (including phenoxy) is 2. The van der Waals surface area contributed by atoms with Crippen LogP contribution in [0.1, 0.15) is 114 Å². The predicted octanol–water partition coefficient (Wildman–Crippen LogP) is 9.41. The molecular formula is C50H58N8O7. The van der Waals surface area contributed by atoms with Crippen LogP contribution in [0.2, 0.25) is 0 Å². The summed E-state index contributed by atoms with van der Waals surface area (Å²) in [6.07, 6.45) is 15.9. The number of likely N-dealkylation sites (tertiary alicyclic amines) is 2. The predicted molar refractivity (Wildman–Crippen MR) is 245 cm³/mol. The fraction of sp³-hybridized carbons (Fsp3) is 0.480. The number of furan rings is 2. The molecule has 65 heavy (non-hydrogen) atoms. The van der Waals surface area contributed by atoms with Crippen LogP contribution < -0.4 is 10.6 Å². The molecule has 4 amide bonds. The van der Waals surface area contributed by atoms with E-state index in [0.717, 1.165) is 157 Å². The Hall–Kier alpha value is -6.38. The van der Waals surface area contributed by atoms with E-state index in [1.54, 1.807) is 0 Å². The van der Waals surface area contributed by atoms with Crippen LogP contribution in [0.4, 0.5) is 9.59 Å². The highest BCUT2D eigenvalue weighted by molar-refractivity contribution is 6.19. The van der Waals surface area contributed by atoms with Crippen LogP contribution in [0.25, 0.3) is 55.6 Å².